The first-order chi connectivity index (χ1) is 13.5. The standard InChI is InChI=1S/C24H27NO3/c1-5-25(6-2)13-14-27-16-11-12-17-19(15-16)24(3,4)23-21(22(17)26)18-9-7-8-10-20(18)28-23/h7-12,15H,5-6,13-14H2,1-4H3. The van der Waals surface area contributed by atoms with Crippen LogP contribution in [0.25, 0.3) is 11.0 Å². The van der Waals surface area contributed by atoms with Crippen LogP contribution in [0.1, 0.15) is 54.9 Å². The smallest absolute Gasteiger partial charge is 0.197 e. The van der Waals surface area contributed by atoms with E-state index in [1.807, 2.05) is 42.5 Å². The van der Waals surface area contributed by atoms with Gasteiger partial charge in [-0.05, 0) is 56.8 Å². The van der Waals surface area contributed by atoms with Crippen molar-refractivity contribution in [2.45, 2.75) is 33.1 Å². The molecule has 0 saturated carbocycles. The van der Waals surface area contributed by atoms with Crippen LogP contribution < -0.4 is 4.74 Å². The van der Waals surface area contributed by atoms with Gasteiger partial charge in [-0.3, -0.25) is 4.79 Å². The molecule has 4 heteroatoms. The first-order valence-corrected chi connectivity index (χ1v) is 10.0. The summed E-state index contributed by atoms with van der Waals surface area (Å²) in [6.45, 7) is 12.1. The average molecular weight is 377 g/mol. The van der Waals surface area contributed by atoms with Gasteiger partial charge in [-0.15, -0.1) is 0 Å². The Labute approximate surface area is 166 Å². The predicted octanol–water partition coefficient (Wildman–Crippen LogP) is 5.02. The van der Waals surface area contributed by atoms with Crippen molar-refractivity contribution in [3.05, 3.63) is 64.9 Å². The third-order valence-electron chi connectivity index (χ3n) is 5.87. The Bertz CT molecular complexity index is 1030. The van der Waals surface area contributed by atoms with Crippen molar-refractivity contribution in [1.29, 1.82) is 0 Å². The molecule has 0 bridgehead atoms. The molecule has 0 spiro atoms. The number of fused-ring (bicyclic) bond motifs is 4. The van der Waals surface area contributed by atoms with Crippen LogP contribution >= 0.6 is 0 Å². The summed E-state index contributed by atoms with van der Waals surface area (Å²) in [6.07, 6.45) is 0. The largest absolute Gasteiger partial charge is 0.492 e. The number of furan rings is 1. The summed E-state index contributed by atoms with van der Waals surface area (Å²) in [5.41, 5.74) is 2.75. The number of carbonyl (C=O) groups excluding carboxylic acids is 1. The van der Waals surface area contributed by atoms with Crippen molar-refractivity contribution in [2.75, 3.05) is 26.2 Å². The maximum absolute atomic E-state index is 13.3. The van der Waals surface area contributed by atoms with Gasteiger partial charge >= 0.3 is 0 Å². The predicted molar refractivity (Wildman–Crippen MR) is 111 cm³/mol. The Morgan fingerprint density at radius 3 is 2.57 bits per heavy atom. The first kappa shape index (κ1) is 18.8. The van der Waals surface area contributed by atoms with E-state index in [1.165, 1.54) is 0 Å². The molecule has 4 nitrogen and oxygen atoms in total. The number of likely N-dealkylation sites (N-methyl/N-ethyl adjacent to an activating group) is 1. The van der Waals surface area contributed by atoms with Gasteiger partial charge in [0.25, 0.3) is 0 Å². The summed E-state index contributed by atoms with van der Waals surface area (Å²) < 4.78 is 12.1. The van der Waals surface area contributed by atoms with Gasteiger partial charge in [-0.25, -0.2) is 0 Å². The molecule has 28 heavy (non-hydrogen) atoms. The van der Waals surface area contributed by atoms with Crippen LogP contribution in [0, 0.1) is 0 Å². The van der Waals surface area contributed by atoms with E-state index in [2.05, 4.69) is 32.6 Å². The molecule has 3 aromatic rings. The van der Waals surface area contributed by atoms with Gasteiger partial charge in [0.2, 0.25) is 0 Å². The highest BCUT2D eigenvalue weighted by Gasteiger charge is 2.41. The van der Waals surface area contributed by atoms with Crippen LogP contribution in [-0.2, 0) is 5.41 Å². The Morgan fingerprint density at radius 2 is 1.82 bits per heavy atom. The molecule has 146 valence electrons. The summed E-state index contributed by atoms with van der Waals surface area (Å²) in [7, 11) is 0. The second kappa shape index (κ2) is 7.10. The quantitative estimate of drug-likeness (QED) is 0.605. The molecular weight excluding hydrogens is 350 g/mol. The molecule has 0 N–H and O–H groups in total. The monoisotopic (exact) mass is 377 g/mol. The number of para-hydroxylation sites is 1. The summed E-state index contributed by atoms with van der Waals surface area (Å²) in [5.74, 6) is 1.57. The summed E-state index contributed by atoms with van der Waals surface area (Å²) in [5, 5.41) is 0.890. The topological polar surface area (TPSA) is 42.7 Å². The van der Waals surface area contributed by atoms with Gasteiger partial charge in [0.05, 0.1) is 5.56 Å². The zero-order valence-electron chi connectivity index (χ0n) is 17.0. The molecule has 1 aliphatic rings. The Kier molecular flexibility index (Phi) is 4.76. The minimum Gasteiger partial charge on any atom is -0.492 e. The van der Waals surface area contributed by atoms with Gasteiger partial charge in [0.15, 0.2) is 5.78 Å². The minimum absolute atomic E-state index is 0.0315. The van der Waals surface area contributed by atoms with Gasteiger partial charge in [0.1, 0.15) is 23.7 Å². The normalized spacial score (nSPS) is 15.0. The molecule has 2 aromatic carbocycles. The minimum atomic E-state index is -0.407. The van der Waals surface area contributed by atoms with Crippen LogP contribution in [0.5, 0.6) is 5.75 Å². The fourth-order valence-electron chi connectivity index (χ4n) is 4.13. The summed E-state index contributed by atoms with van der Waals surface area (Å²) in [4.78, 5) is 15.6. The zero-order valence-corrected chi connectivity index (χ0v) is 17.0. The molecular formula is C24H27NO3. The lowest BCUT2D eigenvalue weighted by Crippen LogP contribution is -2.30. The molecule has 0 atom stereocenters. The number of carbonyl (C=O) groups is 1. The summed E-state index contributed by atoms with van der Waals surface area (Å²) in [6, 6.07) is 13.6. The fourth-order valence-corrected chi connectivity index (χ4v) is 4.13. The van der Waals surface area contributed by atoms with Crippen molar-refractivity contribution in [3.8, 4) is 5.75 Å². The van der Waals surface area contributed by atoms with Crippen molar-refractivity contribution < 1.29 is 13.9 Å². The lowest BCUT2D eigenvalue weighted by molar-refractivity contribution is 0.102. The van der Waals surface area contributed by atoms with E-state index in [-0.39, 0.29) is 5.78 Å². The number of benzene rings is 2. The number of ether oxygens (including phenoxy) is 1. The Morgan fingerprint density at radius 1 is 1.07 bits per heavy atom. The van der Waals surface area contributed by atoms with E-state index in [4.69, 9.17) is 9.15 Å². The SMILES string of the molecule is CCN(CC)CCOc1ccc2c(c1)C(C)(C)c1oc3ccccc3c1C2=O. The van der Waals surface area contributed by atoms with Crippen LogP contribution in [0.4, 0.5) is 0 Å². The number of hydrogen-bond donors (Lipinski definition) is 0. The average Bonchev–Trinajstić information content (AvgIpc) is 3.11. The fraction of sp³-hybridized carbons (Fsp3) is 0.375. The summed E-state index contributed by atoms with van der Waals surface area (Å²) >= 11 is 0. The molecule has 0 saturated heterocycles. The third kappa shape index (κ3) is 2.92. The van der Waals surface area contributed by atoms with Gasteiger partial charge in [-0.2, -0.15) is 0 Å². The number of rotatable bonds is 6. The van der Waals surface area contributed by atoms with Gasteiger partial charge in [0, 0.05) is 22.9 Å². The number of nitrogens with zero attached hydrogens (tertiary/aromatic N) is 1. The lowest BCUT2D eigenvalue weighted by atomic mass is 9.72. The molecule has 1 aliphatic carbocycles. The highest BCUT2D eigenvalue weighted by Crippen LogP contribution is 2.46. The van der Waals surface area contributed by atoms with Crippen molar-refractivity contribution in [1.82, 2.24) is 4.90 Å². The van der Waals surface area contributed by atoms with E-state index in [0.717, 1.165) is 53.2 Å². The zero-order chi connectivity index (χ0) is 19.9. The maximum Gasteiger partial charge on any atom is 0.197 e. The highest BCUT2D eigenvalue weighted by atomic mass is 16.5. The Hall–Kier alpha value is -2.59. The van der Waals surface area contributed by atoms with E-state index in [1.54, 1.807) is 0 Å². The van der Waals surface area contributed by atoms with E-state index >= 15 is 0 Å². The number of ketones is 1. The first-order valence-electron chi connectivity index (χ1n) is 10.0. The van der Waals surface area contributed by atoms with Gasteiger partial charge in [-0.1, -0.05) is 32.0 Å². The molecule has 0 aliphatic heterocycles. The molecule has 0 amide bonds. The molecule has 0 fully saturated rings. The van der Waals surface area contributed by atoms with E-state index in [0.29, 0.717) is 12.2 Å². The van der Waals surface area contributed by atoms with Crippen molar-refractivity contribution in [2.24, 2.45) is 0 Å². The molecule has 0 unspecified atom stereocenters. The number of hydrogen-bond acceptors (Lipinski definition) is 4. The maximum atomic E-state index is 13.3. The highest BCUT2D eigenvalue weighted by molar-refractivity contribution is 6.19. The van der Waals surface area contributed by atoms with Crippen LogP contribution in [0.3, 0.4) is 0 Å². The lowest BCUT2D eigenvalue weighted by Gasteiger charge is -2.31. The van der Waals surface area contributed by atoms with Crippen LogP contribution in [0.15, 0.2) is 46.9 Å². The molecule has 1 aromatic heterocycles. The Balaban J connectivity index is 1.69. The van der Waals surface area contributed by atoms with Crippen molar-refractivity contribution >= 4 is 16.8 Å². The van der Waals surface area contributed by atoms with Crippen LogP contribution in [0.2, 0.25) is 0 Å². The van der Waals surface area contributed by atoms with Crippen LogP contribution in [-0.4, -0.2) is 36.9 Å². The molecule has 4 rings (SSSR count). The third-order valence-corrected chi connectivity index (χ3v) is 5.87. The molecule has 1 heterocycles. The van der Waals surface area contributed by atoms with Crippen molar-refractivity contribution in [3.63, 3.8) is 0 Å². The second-order valence-electron chi connectivity index (χ2n) is 7.84. The van der Waals surface area contributed by atoms with E-state index in [9.17, 15) is 4.79 Å². The van der Waals surface area contributed by atoms with Gasteiger partial charge < -0.3 is 14.1 Å². The molecule has 0 radical (unpaired) electrons. The van der Waals surface area contributed by atoms with E-state index < -0.39 is 5.41 Å². The second-order valence-corrected chi connectivity index (χ2v) is 7.84.